The van der Waals surface area contributed by atoms with Gasteiger partial charge < -0.3 is 5.11 Å². The van der Waals surface area contributed by atoms with Gasteiger partial charge in [0.2, 0.25) is 10.0 Å². The zero-order valence-electron chi connectivity index (χ0n) is 11.0. The van der Waals surface area contributed by atoms with Crippen molar-refractivity contribution in [1.29, 1.82) is 0 Å². The highest BCUT2D eigenvalue weighted by atomic mass is 35.5. The Balaban J connectivity index is 3.37. The third-order valence-electron chi connectivity index (χ3n) is 2.89. The zero-order valence-corrected chi connectivity index (χ0v) is 13.3. The molecule has 1 rings (SSSR count). The fraction of sp³-hybridized carbons (Fsp3) is 0.500. The minimum absolute atomic E-state index is 0.0222. The molecule has 0 heterocycles. The molecule has 0 amide bonds. The fourth-order valence-corrected chi connectivity index (χ4v) is 4.18. The second kappa shape index (κ2) is 6.41. The molecule has 1 aromatic rings. The number of hydrogen-bond donors (Lipinski definition) is 2. The van der Waals surface area contributed by atoms with Crippen LogP contribution in [-0.2, 0) is 10.0 Å². The number of aliphatic hydroxyl groups is 1. The van der Waals surface area contributed by atoms with Crippen LogP contribution in [0, 0.1) is 13.8 Å². The first-order valence-electron chi connectivity index (χ1n) is 5.83. The monoisotopic (exact) mass is 325 g/mol. The lowest BCUT2D eigenvalue weighted by atomic mass is 10.2. The molecule has 0 aromatic heterocycles. The molecule has 19 heavy (non-hydrogen) atoms. The summed E-state index contributed by atoms with van der Waals surface area (Å²) in [6, 6.07) is 1.08. The third kappa shape index (κ3) is 3.61. The van der Waals surface area contributed by atoms with Crippen molar-refractivity contribution < 1.29 is 13.5 Å². The van der Waals surface area contributed by atoms with E-state index in [9.17, 15) is 8.42 Å². The highest BCUT2D eigenvalue weighted by Crippen LogP contribution is 2.33. The van der Waals surface area contributed by atoms with Crippen LogP contribution in [0.1, 0.15) is 24.5 Å². The van der Waals surface area contributed by atoms with Gasteiger partial charge in [-0.25, -0.2) is 13.1 Å². The van der Waals surface area contributed by atoms with Gasteiger partial charge in [-0.3, -0.25) is 0 Å². The number of aryl methyl sites for hydroxylation is 1. The number of aliphatic hydroxyl groups excluding tert-OH is 1. The predicted octanol–water partition coefficient (Wildman–Crippen LogP) is 2.66. The fourth-order valence-electron chi connectivity index (χ4n) is 1.66. The van der Waals surface area contributed by atoms with E-state index in [1.807, 2.05) is 0 Å². The minimum atomic E-state index is -3.82. The van der Waals surface area contributed by atoms with Gasteiger partial charge in [0.1, 0.15) is 4.90 Å². The molecular weight excluding hydrogens is 309 g/mol. The first-order chi connectivity index (χ1) is 8.74. The molecule has 0 spiro atoms. The first-order valence-corrected chi connectivity index (χ1v) is 8.06. The summed E-state index contributed by atoms with van der Waals surface area (Å²) in [6.45, 7) is 4.80. The second-order valence-corrected chi connectivity index (χ2v) is 6.79. The van der Waals surface area contributed by atoms with E-state index in [1.54, 1.807) is 26.8 Å². The van der Waals surface area contributed by atoms with Gasteiger partial charge in [-0.2, -0.15) is 0 Å². The van der Waals surface area contributed by atoms with E-state index in [0.29, 0.717) is 22.6 Å². The summed E-state index contributed by atoms with van der Waals surface area (Å²) in [5.74, 6) is 0. The van der Waals surface area contributed by atoms with Gasteiger partial charge in [0.05, 0.1) is 11.6 Å². The lowest BCUT2D eigenvalue weighted by Crippen LogP contribution is -2.37. The van der Waals surface area contributed by atoms with E-state index in [4.69, 9.17) is 28.3 Å². The standard InChI is InChI=1S/C12H17Cl2NO3S/c1-4-9(6-16)15-19(17,18)12-8(3)10(13)5-7(2)11(12)14/h5,9,15-16H,4,6H2,1-3H3. The minimum Gasteiger partial charge on any atom is -0.395 e. The molecule has 2 N–H and O–H groups in total. The molecule has 0 bridgehead atoms. The van der Waals surface area contributed by atoms with Crippen LogP contribution in [0.15, 0.2) is 11.0 Å². The Morgan fingerprint density at radius 2 is 1.95 bits per heavy atom. The van der Waals surface area contributed by atoms with Crippen LogP contribution in [0.25, 0.3) is 0 Å². The van der Waals surface area contributed by atoms with Crippen LogP contribution in [-0.4, -0.2) is 26.2 Å². The van der Waals surface area contributed by atoms with Crippen molar-refractivity contribution >= 4 is 33.2 Å². The van der Waals surface area contributed by atoms with Gasteiger partial charge >= 0.3 is 0 Å². The van der Waals surface area contributed by atoms with E-state index in [-0.39, 0.29) is 16.5 Å². The van der Waals surface area contributed by atoms with Crippen molar-refractivity contribution in [2.75, 3.05) is 6.61 Å². The quantitative estimate of drug-likeness (QED) is 0.874. The summed E-state index contributed by atoms with van der Waals surface area (Å²) >= 11 is 12.1. The summed E-state index contributed by atoms with van der Waals surface area (Å²) < 4.78 is 27.1. The summed E-state index contributed by atoms with van der Waals surface area (Å²) in [5, 5.41) is 9.60. The lowest BCUT2D eigenvalue weighted by Gasteiger charge is -2.18. The third-order valence-corrected chi connectivity index (χ3v) is 5.57. The van der Waals surface area contributed by atoms with Crippen molar-refractivity contribution in [1.82, 2.24) is 4.72 Å². The largest absolute Gasteiger partial charge is 0.395 e. The van der Waals surface area contributed by atoms with E-state index in [0.717, 1.165) is 0 Å². The molecule has 0 aliphatic heterocycles. The van der Waals surface area contributed by atoms with Crippen LogP contribution in [0.5, 0.6) is 0 Å². The Hall–Kier alpha value is -0.330. The van der Waals surface area contributed by atoms with Crippen LogP contribution in [0.4, 0.5) is 0 Å². The Morgan fingerprint density at radius 3 is 2.42 bits per heavy atom. The zero-order chi connectivity index (χ0) is 14.8. The number of hydrogen-bond acceptors (Lipinski definition) is 3. The smallest absolute Gasteiger partial charge is 0.242 e. The summed E-state index contributed by atoms with van der Waals surface area (Å²) in [4.78, 5) is -0.0222. The molecule has 1 aromatic carbocycles. The Labute approximate surface area is 123 Å². The van der Waals surface area contributed by atoms with E-state index in [2.05, 4.69) is 4.72 Å². The topological polar surface area (TPSA) is 66.4 Å². The predicted molar refractivity (Wildman–Crippen MR) is 77.4 cm³/mol. The molecule has 0 radical (unpaired) electrons. The maximum Gasteiger partial charge on any atom is 0.242 e. The van der Waals surface area contributed by atoms with Crippen LogP contribution in [0.3, 0.4) is 0 Å². The average Bonchev–Trinajstić information content (AvgIpc) is 2.33. The van der Waals surface area contributed by atoms with E-state index < -0.39 is 16.1 Å². The van der Waals surface area contributed by atoms with Crippen molar-refractivity contribution in [3.63, 3.8) is 0 Å². The van der Waals surface area contributed by atoms with Crippen molar-refractivity contribution in [3.8, 4) is 0 Å². The molecule has 7 heteroatoms. The SMILES string of the molecule is CCC(CO)NS(=O)(=O)c1c(C)c(Cl)cc(C)c1Cl. The molecule has 0 saturated heterocycles. The van der Waals surface area contributed by atoms with E-state index in [1.165, 1.54) is 0 Å². The van der Waals surface area contributed by atoms with Gasteiger partial charge in [0.15, 0.2) is 0 Å². The highest BCUT2D eigenvalue weighted by molar-refractivity contribution is 7.89. The molecule has 0 saturated carbocycles. The molecule has 1 atom stereocenters. The second-order valence-electron chi connectivity index (χ2n) is 4.35. The van der Waals surface area contributed by atoms with Crippen molar-refractivity contribution in [2.24, 2.45) is 0 Å². The van der Waals surface area contributed by atoms with Crippen LogP contribution < -0.4 is 4.72 Å². The van der Waals surface area contributed by atoms with Gasteiger partial charge in [0, 0.05) is 11.1 Å². The number of rotatable bonds is 5. The lowest BCUT2D eigenvalue weighted by molar-refractivity contribution is 0.254. The molecule has 1 unspecified atom stereocenters. The van der Waals surface area contributed by atoms with Crippen LogP contribution >= 0.6 is 23.2 Å². The summed E-state index contributed by atoms with van der Waals surface area (Å²) in [7, 11) is -3.82. The summed E-state index contributed by atoms with van der Waals surface area (Å²) in [5.41, 5.74) is 0.993. The molecule has 4 nitrogen and oxygen atoms in total. The maximum atomic E-state index is 12.3. The number of sulfonamides is 1. The number of halogens is 2. The highest BCUT2D eigenvalue weighted by Gasteiger charge is 2.25. The Kier molecular flexibility index (Phi) is 5.65. The number of nitrogens with one attached hydrogen (secondary N) is 1. The molecule has 108 valence electrons. The van der Waals surface area contributed by atoms with Crippen LogP contribution in [0.2, 0.25) is 10.0 Å². The van der Waals surface area contributed by atoms with Gasteiger partial charge in [-0.15, -0.1) is 0 Å². The summed E-state index contributed by atoms with van der Waals surface area (Å²) in [6.07, 6.45) is 0.478. The first kappa shape index (κ1) is 16.7. The number of benzene rings is 1. The van der Waals surface area contributed by atoms with Gasteiger partial charge in [-0.1, -0.05) is 30.1 Å². The molecule has 0 fully saturated rings. The Morgan fingerprint density at radius 1 is 1.37 bits per heavy atom. The molecule has 0 aliphatic carbocycles. The van der Waals surface area contributed by atoms with E-state index >= 15 is 0 Å². The van der Waals surface area contributed by atoms with Gasteiger partial charge in [-0.05, 0) is 37.5 Å². The molecular formula is C12H17Cl2NO3S. The normalized spacial score (nSPS) is 13.6. The maximum absolute atomic E-state index is 12.3. The molecule has 0 aliphatic rings. The average molecular weight is 326 g/mol. The van der Waals surface area contributed by atoms with Crippen molar-refractivity contribution in [3.05, 3.63) is 27.2 Å². The van der Waals surface area contributed by atoms with Gasteiger partial charge in [0.25, 0.3) is 0 Å². The van der Waals surface area contributed by atoms with Crippen molar-refractivity contribution in [2.45, 2.75) is 38.1 Å². The Bertz CT molecular complexity index is 543.